The molecule has 0 saturated carbocycles. The van der Waals surface area contributed by atoms with E-state index in [0.717, 1.165) is 23.2 Å². The van der Waals surface area contributed by atoms with Gasteiger partial charge in [-0.25, -0.2) is 9.97 Å². The summed E-state index contributed by atoms with van der Waals surface area (Å²) in [7, 11) is 0. The molecule has 0 aliphatic heterocycles. The smallest absolute Gasteiger partial charge is 0.161 e. The number of hydrogen-bond acceptors (Lipinski definition) is 6. The molecule has 0 aromatic carbocycles. The Hall–Kier alpha value is -2.31. The molecule has 124 valence electrons. The van der Waals surface area contributed by atoms with Crippen LogP contribution in [-0.2, 0) is 12.0 Å². The highest BCUT2D eigenvalue weighted by Crippen LogP contribution is 2.24. The number of aryl methyl sites for hydroxylation is 1. The summed E-state index contributed by atoms with van der Waals surface area (Å²) in [5.74, 6) is 1.37. The van der Waals surface area contributed by atoms with Gasteiger partial charge in [-0.2, -0.15) is 11.3 Å². The maximum absolute atomic E-state index is 10.6. The molecule has 1 atom stereocenters. The molecule has 3 heterocycles. The van der Waals surface area contributed by atoms with Gasteiger partial charge in [0.2, 0.25) is 0 Å². The molecule has 6 heteroatoms. The van der Waals surface area contributed by atoms with Gasteiger partial charge in [-0.3, -0.25) is 4.98 Å². The van der Waals surface area contributed by atoms with Crippen molar-refractivity contribution in [2.24, 2.45) is 0 Å². The van der Waals surface area contributed by atoms with Crippen LogP contribution in [0.5, 0.6) is 0 Å². The van der Waals surface area contributed by atoms with Gasteiger partial charge in [-0.15, -0.1) is 0 Å². The predicted octanol–water partition coefficient (Wildman–Crippen LogP) is 3.48. The average molecular weight is 340 g/mol. The molecule has 0 amide bonds. The Bertz CT molecular complexity index is 788. The zero-order valence-corrected chi connectivity index (χ0v) is 14.5. The molecule has 3 rings (SSSR count). The second-order valence-electron chi connectivity index (χ2n) is 5.80. The Balaban J connectivity index is 1.83. The topological polar surface area (TPSA) is 70.9 Å². The van der Waals surface area contributed by atoms with Crippen LogP contribution in [0.1, 0.15) is 25.1 Å². The van der Waals surface area contributed by atoms with E-state index in [9.17, 15) is 5.11 Å². The van der Waals surface area contributed by atoms with Gasteiger partial charge in [0, 0.05) is 36.3 Å². The number of rotatable bonds is 6. The van der Waals surface area contributed by atoms with E-state index < -0.39 is 5.60 Å². The number of aromatic nitrogens is 3. The van der Waals surface area contributed by atoms with Crippen molar-refractivity contribution in [3.63, 3.8) is 0 Å². The van der Waals surface area contributed by atoms with E-state index in [2.05, 4.69) is 27.2 Å². The van der Waals surface area contributed by atoms with E-state index in [0.29, 0.717) is 18.2 Å². The Labute approximate surface area is 145 Å². The molecule has 24 heavy (non-hydrogen) atoms. The molecule has 2 N–H and O–H groups in total. The maximum Gasteiger partial charge on any atom is 0.161 e. The van der Waals surface area contributed by atoms with Crippen molar-refractivity contribution in [3.05, 3.63) is 58.7 Å². The summed E-state index contributed by atoms with van der Waals surface area (Å²) in [6.07, 6.45) is 4.27. The van der Waals surface area contributed by atoms with Crippen LogP contribution in [0.15, 0.2) is 47.4 Å². The Morgan fingerprint density at radius 1 is 1.21 bits per heavy atom. The fraction of sp³-hybridized carbons (Fsp3) is 0.278. The number of aliphatic hydroxyl groups is 1. The molecule has 0 aliphatic carbocycles. The number of thiophene rings is 1. The van der Waals surface area contributed by atoms with Crippen LogP contribution in [0.3, 0.4) is 0 Å². The largest absolute Gasteiger partial charge is 0.384 e. The normalized spacial score (nSPS) is 13.5. The Morgan fingerprint density at radius 2 is 2.00 bits per heavy atom. The maximum atomic E-state index is 10.6. The number of nitrogens with one attached hydrogen (secondary N) is 1. The molecule has 5 nitrogen and oxygen atoms in total. The van der Waals surface area contributed by atoms with Crippen molar-refractivity contribution in [1.29, 1.82) is 0 Å². The fourth-order valence-corrected chi connectivity index (χ4v) is 3.12. The lowest BCUT2D eigenvalue weighted by molar-refractivity contribution is 0.0719. The number of nitrogens with zero attached hydrogens (tertiary/aromatic N) is 3. The first-order valence-electron chi connectivity index (χ1n) is 7.86. The lowest BCUT2D eigenvalue weighted by Crippen LogP contribution is -2.30. The highest BCUT2D eigenvalue weighted by Gasteiger charge is 2.23. The molecule has 0 radical (unpaired) electrons. The van der Waals surface area contributed by atoms with E-state index in [1.165, 1.54) is 0 Å². The Kier molecular flexibility index (Phi) is 4.87. The highest BCUT2D eigenvalue weighted by molar-refractivity contribution is 7.08. The number of anilines is 1. The van der Waals surface area contributed by atoms with E-state index in [1.807, 2.05) is 35.0 Å². The number of hydrogen-bond donors (Lipinski definition) is 2. The summed E-state index contributed by atoms with van der Waals surface area (Å²) in [5, 5.41) is 17.8. The second-order valence-corrected chi connectivity index (χ2v) is 6.58. The van der Waals surface area contributed by atoms with Crippen LogP contribution in [0.25, 0.3) is 11.4 Å². The quantitative estimate of drug-likeness (QED) is 0.719. The third-order valence-corrected chi connectivity index (χ3v) is 4.52. The van der Waals surface area contributed by atoms with Crippen LogP contribution in [-0.4, -0.2) is 26.6 Å². The van der Waals surface area contributed by atoms with Crippen LogP contribution in [0.2, 0.25) is 0 Å². The Morgan fingerprint density at radius 3 is 2.67 bits per heavy atom. The molecular weight excluding hydrogens is 320 g/mol. The van der Waals surface area contributed by atoms with Gasteiger partial charge < -0.3 is 10.4 Å². The molecule has 0 bridgehead atoms. The molecule has 1 unspecified atom stereocenters. The van der Waals surface area contributed by atoms with Crippen molar-refractivity contribution >= 4 is 17.2 Å². The minimum atomic E-state index is -0.950. The van der Waals surface area contributed by atoms with Crippen molar-refractivity contribution in [1.82, 2.24) is 15.0 Å². The highest BCUT2D eigenvalue weighted by atomic mass is 32.1. The lowest BCUT2D eigenvalue weighted by Gasteiger charge is -2.23. The molecule has 3 aromatic heterocycles. The van der Waals surface area contributed by atoms with Gasteiger partial charge in [0.1, 0.15) is 11.4 Å². The molecule has 0 fully saturated rings. The van der Waals surface area contributed by atoms with Gasteiger partial charge in [-0.1, -0.05) is 6.92 Å². The summed E-state index contributed by atoms with van der Waals surface area (Å²) in [6.45, 7) is 4.23. The molecule has 0 aliphatic rings. The molecular formula is C18H20N4OS. The van der Waals surface area contributed by atoms with Gasteiger partial charge in [0.05, 0.1) is 0 Å². The first-order chi connectivity index (χ1) is 11.6. The van der Waals surface area contributed by atoms with Crippen molar-refractivity contribution in [3.8, 4) is 11.4 Å². The molecule has 3 aromatic rings. The van der Waals surface area contributed by atoms with E-state index in [4.69, 9.17) is 0 Å². The summed E-state index contributed by atoms with van der Waals surface area (Å²) in [4.78, 5) is 13.2. The second kappa shape index (κ2) is 7.07. The summed E-state index contributed by atoms with van der Waals surface area (Å²) in [6, 6.07) is 7.64. The van der Waals surface area contributed by atoms with Crippen LogP contribution in [0, 0.1) is 0 Å². The fourth-order valence-electron chi connectivity index (χ4n) is 2.33. The third kappa shape index (κ3) is 3.77. The minimum absolute atomic E-state index is 0.375. The minimum Gasteiger partial charge on any atom is -0.384 e. The molecule has 0 spiro atoms. The first kappa shape index (κ1) is 16.5. The van der Waals surface area contributed by atoms with Crippen LogP contribution < -0.4 is 5.32 Å². The van der Waals surface area contributed by atoms with E-state index in [-0.39, 0.29) is 0 Å². The summed E-state index contributed by atoms with van der Waals surface area (Å²) < 4.78 is 0. The average Bonchev–Trinajstić information content (AvgIpc) is 3.16. The zero-order valence-electron chi connectivity index (χ0n) is 13.7. The summed E-state index contributed by atoms with van der Waals surface area (Å²) >= 11 is 1.57. The summed E-state index contributed by atoms with van der Waals surface area (Å²) in [5.41, 5.74) is 1.83. The van der Waals surface area contributed by atoms with E-state index in [1.54, 1.807) is 30.7 Å². The predicted molar refractivity (Wildman–Crippen MR) is 97.0 cm³/mol. The van der Waals surface area contributed by atoms with Crippen LogP contribution in [0.4, 0.5) is 5.82 Å². The van der Waals surface area contributed by atoms with Crippen molar-refractivity contribution < 1.29 is 5.11 Å². The van der Waals surface area contributed by atoms with Gasteiger partial charge >= 0.3 is 0 Å². The third-order valence-electron chi connectivity index (χ3n) is 3.84. The molecule has 0 saturated heterocycles. The van der Waals surface area contributed by atoms with Crippen molar-refractivity contribution in [2.45, 2.75) is 25.9 Å². The monoisotopic (exact) mass is 340 g/mol. The SMILES string of the molecule is CCc1cc(NCC(C)(O)c2ccsc2)nc(-c2ccncc2)n1. The van der Waals surface area contributed by atoms with Gasteiger partial charge in [0.25, 0.3) is 0 Å². The van der Waals surface area contributed by atoms with Crippen LogP contribution >= 0.6 is 11.3 Å². The first-order valence-corrected chi connectivity index (χ1v) is 8.80. The standard InChI is InChI=1S/C18H20N4OS/c1-3-15-10-16(20-12-18(2,23)14-6-9-24-11-14)22-17(21-15)13-4-7-19-8-5-13/h4-11,23H,3,12H2,1-2H3,(H,20,21,22). The number of pyridine rings is 1. The zero-order chi connectivity index (χ0) is 17.0. The van der Waals surface area contributed by atoms with E-state index >= 15 is 0 Å². The van der Waals surface area contributed by atoms with Crippen molar-refractivity contribution in [2.75, 3.05) is 11.9 Å². The lowest BCUT2D eigenvalue weighted by atomic mass is 9.99. The van der Waals surface area contributed by atoms with Gasteiger partial charge in [0.15, 0.2) is 5.82 Å². The van der Waals surface area contributed by atoms with Gasteiger partial charge in [-0.05, 0) is 47.9 Å².